The molecule has 2 aliphatic carbocycles. The van der Waals surface area contributed by atoms with Crippen LogP contribution in [0.1, 0.15) is 68.9 Å². The average molecular weight is 825 g/mol. The van der Waals surface area contributed by atoms with Gasteiger partial charge in [0.15, 0.2) is 5.13 Å². The number of nitrogens with zero attached hydrogens (tertiary/aromatic N) is 3. The Morgan fingerprint density at radius 1 is 1.05 bits per heavy atom. The van der Waals surface area contributed by atoms with Crippen LogP contribution in [0.4, 0.5) is 14.3 Å². The molecule has 5 atom stereocenters. The summed E-state index contributed by atoms with van der Waals surface area (Å²) in [4.78, 5) is 63.7. The number of anilines is 1. The Bertz CT molecular complexity index is 2180. The zero-order valence-electron chi connectivity index (χ0n) is 30.4. The van der Waals surface area contributed by atoms with Gasteiger partial charge < -0.3 is 20.3 Å². The molecule has 3 aromatic rings. The largest absolute Gasteiger partial charge is 0.444 e. The highest BCUT2D eigenvalue weighted by atomic mass is 35.5. The Hall–Kier alpha value is -4.54. The molecule has 8 rings (SSSR count). The molecular weight excluding hydrogens is 783 g/mol. The maximum absolute atomic E-state index is 14.7. The summed E-state index contributed by atoms with van der Waals surface area (Å²) in [6.45, 7) is 0.0655. The molecule has 2 saturated carbocycles. The van der Waals surface area contributed by atoms with Crippen molar-refractivity contribution in [2.24, 2.45) is 5.92 Å². The van der Waals surface area contributed by atoms with Gasteiger partial charge in [-0.05, 0) is 62.3 Å². The first kappa shape index (κ1) is 38.3. The van der Waals surface area contributed by atoms with Crippen molar-refractivity contribution in [1.29, 1.82) is 0 Å². The van der Waals surface area contributed by atoms with Gasteiger partial charge in [-0.1, -0.05) is 60.9 Å². The maximum atomic E-state index is 14.7. The Kier molecular flexibility index (Phi) is 10.6. The van der Waals surface area contributed by atoms with E-state index < -0.39 is 74.5 Å². The molecule has 4 heterocycles. The van der Waals surface area contributed by atoms with Crippen LogP contribution in [0.2, 0.25) is 5.02 Å². The number of fused-ring (bicyclic) bond motifs is 3. The predicted molar refractivity (Wildman–Crippen MR) is 207 cm³/mol. The van der Waals surface area contributed by atoms with Gasteiger partial charge in [-0.3, -0.25) is 24.0 Å². The first-order valence-corrected chi connectivity index (χ1v) is 21.8. The molecule has 13 nitrogen and oxygen atoms in total. The highest BCUT2D eigenvalue weighted by Crippen LogP contribution is 2.46. The molecule has 3 aliphatic heterocycles. The van der Waals surface area contributed by atoms with Crippen molar-refractivity contribution < 1.29 is 36.7 Å². The number of hydrogen-bond donors (Lipinski definition) is 3. The van der Waals surface area contributed by atoms with Crippen molar-refractivity contribution in [2.75, 3.05) is 11.9 Å². The summed E-state index contributed by atoms with van der Waals surface area (Å²) >= 11 is 7.42. The minimum absolute atomic E-state index is 0.0221. The van der Waals surface area contributed by atoms with Crippen LogP contribution in [-0.4, -0.2) is 82.5 Å². The smallest absolute Gasteiger partial charge is 0.410 e. The number of halogens is 2. The third-order valence-corrected chi connectivity index (χ3v) is 14.1. The zero-order chi connectivity index (χ0) is 39.2. The molecule has 56 heavy (non-hydrogen) atoms. The van der Waals surface area contributed by atoms with E-state index in [2.05, 4.69) is 15.4 Å². The lowest BCUT2D eigenvalue weighted by atomic mass is 10.1. The van der Waals surface area contributed by atoms with Gasteiger partial charge in [0.05, 0.1) is 24.0 Å². The molecule has 296 valence electrons. The number of nitrogens with one attached hydrogen (secondary N) is 3. The molecule has 1 aromatic heterocycles. The van der Waals surface area contributed by atoms with E-state index in [1.165, 1.54) is 27.2 Å². The summed E-state index contributed by atoms with van der Waals surface area (Å²) in [6, 6.07) is 9.97. The van der Waals surface area contributed by atoms with Crippen LogP contribution < -0.4 is 15.4 Å². The first-order chi connectivity index (χ1) is 26.9. The second-order valence-electron chi connectivity index (χ2n) is 15.2. The Labute approximate surface area is 333 Å². The normalized spacial score (nSPS) is 27.2. The summed E-state index contributed by atoms with van der Waals surface area (Å²) in [7, 11) is -3.91. The Balaban J connectivity index is 1.06. The first-order valence-electron chi connectivity index (χ1n) is 19.0. The number of hydrogen-bond acceptors (Lipinski definition) is 10. The molecule has 0 bridgehead atoms. The lowest BCUT2D eigenvalue weighted by Gasteiger charge is -2.29. The fourth-order valence-electron chi connectivity index (χ4n) is 7.82. The van der Waals surface area contributed by atoms with Crippen LogP contribution >= 0.6 is 22.9 Å². The number of amides is 4. The maximum Gasteiger partial charge on any atom is 0.410 e. The summed E-state index contributed by atoms with van der Waals surface area (Å²) in [5.74, 6) is -2.73. The summed E-state index contributed by atoms with van der Waals surface area (Å²) in [5.41, 5.74) is 1.11. The van der Waals surface area contributed by atoms with Gasteiger partial charge in [0.25, 0.3) is 5.91 Å². The van der Waals surface area contributed by atoms with E-state index in [-0.39, 0.29) is 32.5 Å². The van der Waals surface area contributed by atoms with Gasteiger partial charge in [-0.2, -0.15) is 0 Å². The van der Waals surface area contributed by atoms with Crippen molar-refractivity contribution >= 4 is 61.9 Å². The number of sulfonamides is 1. The van der Waals surface area contributed by atoms with Crippen molar-refractivity contribution in [3.63, 3.8) is 0 Å². The second-order valence-corrected chi connectivity index (χ2v) is 18.5. The standard InChI is InChI=1S/C39H42ClFN6O7S2/c40-26-13-11-23(12-14-26)32-22-55-37(43-32)42-31-10-5-3-1-2-4-8-25-18-39(25,36(50)45-56(52,53)28-15-16-28)44-34(48)33-17-27(20-47(33)35(31)49)54-38(51)46-19-24-7-6-9-30(41)29(24)21-46/h4,6-9,11-14,22,25,27-28,31,33H,1-3,5,10,15-21H2,(H,42,43)(H,44,48)(H,45,50)/b8-4-/t25-,27+,31-,33-,39+/m0/s1. The van der Waals surface area contributed by atoms with E-state index in [1.807, 2.05) is 29.7 Å². The van der Waals surface area contributed by atoms with Gasteiger partial charge >= 0.3 is 6.09 Å². The van der Waals surface area contributed by atoms with Gasteiger partial charge in [0.2, 0.25) is 21.8 Å². The molecule has 4 amide bonds. The van der Waals surface area contributed by atoms with Crippen molar-refractivity contribution in [3.8, 4) is 11.3 Å². The van der Waals surface area contributed by atoms with E-state index in [0.29, 0.717) is 59.1 Å². The molecule has 3 fully saturated rings. The lowest BCUT2D eigenvalue weighted by Crippen LogP contribution is -2.57. The molecule has 0 radical (unpaired) electrons. The molecular formula is C39H42ClFN6O7S2. The van der Waals surface area contributed by atoms with Crippen molar-refractivity contribution in [3.05, 3.63) is 82.0 Å². The van der Waals surface area contributed by atoms with E-state index in [9.17, 15) is 32.0 Å². The number of carbonyl (C=O) groups is 4. The minimum Gasteiger partial charge on any atom is -0.444 e. The molecule has 5 aliphatic rings. The number of allylic oxidation sites excluding steroid dienone is 1. The molecule has 0 spiro atoms. The quantitative estimate of drug-likeness (QED) is 0.261. The third kappa shape index (κ3) is 8.00. The van der Waals surface area contributed by atoms with Gasteiger partial charge in [-0.15, -0.1) is 11.3 Å². The molecule has 3 N–H and O–H groups in total. The molecule has 0 unspecified atom stereocenters. The van der Waals surface area contributed by atoms with E-state index >= 15 is 0 Å². The third-order valence-electron chi connectivity index (χ3n) is 11.2. The number of rotatable bonds is 7. The topological polar surface area (TPSA) is 167 Å². The van der Waals surface area contributed by atoms with Crippen molar-refractivity contribution in [2.45, 2.75) is 99.9 Å². The Morgan fingerprint density at radius 2 is 1.86 bits per heavy atom. The van der Waals surface area contributed by atoms with Crippen LogP contribution in [0.5, 0.6) is 0 Å². The number of thiazole rings is 1. The summed E-state index contributed by atoms with van der Waals surface area (Å²) < 4.78 is 48.3. The van der Waals surface area contributed by atoms with E-state index in [0.717, 1.165) is 18.4 Å². The average Bonchev–Trinajstić information content (AvgIpc) is 3.97. The number of carbonyl (C=O) groups excluding carboxylic acids is 4. The lowest BCUT2D eigenvalue weighted by molar-refractivity contribution is -0.140. The highest BCUT2D eigenvalue weighted by molar-refractivity contribution is 7.91. The van der Waals surface area contributed by atoms with Gasteiger partial charge in [0, 0.05) is 40.4 Å². The summed E-state index contributed by atoms with van der Waals surface area (Å²) in [6.07, 6.45) is 6.70. The predicted octanol–water partition coefficient (Wildman–Crippen LogP) is 5.51. The number of ether oxygens (including phenoxy) is 1. The van der Waals surface area contributed by atoms with E-state index in [4.69, 9.17) is 21.3 Å². The fraction of sp³-hybridized carbons (Fsp3) is 0.462. The Morgan fingerprint density at radius 3 is 2.62 bits per heavy atom. The van der Waals surface area contributed by atoms with Crippen LogP contribution in [-0.2, 0) is 42.2 Å². The van der Waals surface area contributed by atoms with Crippen LogP contribution in [0.15, 0.2) is 60.0 Å². The zero-order valence-corrected chi connectivity index (χ0v) is 32.8. The van der Waals surface area contributed by atoms with Crippen LogP contribution in [0.25, 0.3) is 11.3 Å². The summed E-state index contributed by atoms with van der Waals surface area (Å²) in [5, 5.41) is 8.50. The second kappa shape index (κ2) is 15.4. The fourth-order valence-corrected chi connectivity index (χ4v) is 10.1. The highest BCUT2D eigenvalue weighted by Gasteiger charge is 2.62. The van der Waals surface area contributed by atoms with Gasteiger partial charge in [0.1, 0.15) is 29.5 Å². The van der Waals surface area contributed by atoms with E-state index in [1.54, 1.807) is 24.3 Å². The van der Waals surface area contributed by atoms with Crippen LogP contribution in [0, 0.1) is 11.7 Å². The van der Waals surface area contributed by atoms with Crippen LogP contribution in [0.3, 0.4) is 0 Å². The monoisotopic (exact) mass is 824 g/mol. The molecule has 1 saturated heterocycles. The number of aromatic nitrogens is 1. The van der Waals surface area contributed by atoms with Crippen molar-refractivity contribution in [1.82, 2.24) is 24.8 Å². The van der Waals surface area contributed by atoms with Gasteiger partial charge in [-0.25, -0.2) is 22.6 Å². The SMILES string of the molecule is O=C1N[C@]2(C(=O)NS(=O)(=O)C3CC3)C[C@@H]2/C=C\CCCCC[C@H](Nc2nc(-c3ccc(Cl)cc3)cs2)C(=O)N2C[C@H](OC(=O)N3Cc4cccc(F)c4C3)C[C@@H]12. The molecule has 2 aromatic carbocycles. The minimum atomic E-state index is -3.91. The molecule has 17 heteroatoms. The number of benzene rings is 2.